The van der Waals surface area contributed by atoms with Crippen molar-refractivity contribution in [3.05, 3.63) is 0 Å². The summed E-state index contributed by atoms with van der Waals surface area (Å²) >= 11 is 0. The van der Waals surface area contributed by atoms with Gasteiger partial charge in [-0.25, -0.2) is 9.59 Å². The number of nitrogens with zero attached hydrogens (tertiary/aromatic N) is 3. The number of fused-ring (bicyclic) bond motifs is 9. The Morgan fingerprint density at radius 3 is 0.836 bits per heavy atom. The molecule has 0 bridgehead atoms. The van der Waals surface area contributed by atoms with Gasteiger partial charge < -0.3 is 80.0 Å². The molecule has 15 atom stereocenters. The van der Waals surface area contributed by atoms with Gasteiger partial charge in [0.1, 0.15) is 30.2 Å². The number of carbonyl (C=O) groups excluding carboxylic acids is 14. The molecule has 0 aromatic heterocycles. The fourth-order valence-corrected chi connectivity index (χ4v) is 22.2. The van der Waals surface area contributed by atoms with Gasteiger partial charge in [0.2, 0.25) is 52.8 Å². The third kappa shape index (κ3) is 24.7. The second-order valence-corrected chi connectivity index (χ2v) is 42.4. The minimum absolute atomic E-state index is 0.0168. The number of nitrogens with one attached hydrogen (secondary N) is 7. The summed E-state index contributed by atoms with van der Waals surface area (Å²) in [5, 5.41) is 27.8. The standard InChI is InChI=1S/2C33H55N5O5.C25H42N4O4.CH2O2/c2*1-31(2)17-13-10-8-6-7-9-12-16-22(25(39)27(34)40)35-28(41)24-23-21(32(23,3)4)20-38(24)29(42)26(31)36-30(43)37-33(5)18-14-11-15-19-33;1-24(2)13-11-9-7-5-6-8-10-12-16(19(30)21(27)31)28-22(32)18-17-15(25(17,3)4)14-29(18)23(33)20(24)26;2-1-3/h2*21-24,26H,6-20H2,1-5H3,(H2,34,40)(H,35,41)(H2,36,37,43);15-18,20H,5-14,26H2,1-4H3,(H2,27,31)(H,28,32);1H,(H,2,3)/t2*21?,22-,23-,24-,26+;15?,16-,17-,18-,20+;/m000./s1. The molecule has 11 rings (SSSR count). The number of amides is 13. The predicted molar refractivity (Wildman–Crippen MR) is 464 cm³/mol. The fraction of sp³-hybridized carbons (Fsp3) is 0.837. The SMILES string of the molecule is CC1(C)CCCCCCCCC[C@@H](C(=O)C(N)=O)NC(=O)[C@@H]2[C@@H]3C(CN2C(=O)[C@H]1N)C3(C)C.CC1(NC(=O)N[C@@H]2C(=O)N3CC4[C@@H]([C@H]3C(=O)N[C@H](C(=O)C(N)=O)CCCCCCCCCC2(C)C)C4(C)C)CCCCC1.CC1(NC(=O)N[C@@H]2C(=O)N3CC4[C@@H]([C@H]3C(=O)N[C@H](C(=O)C(N)=O)CCCCCCCCCC2(C)C)C4(C)C)CCCCC1.O=CO. The number of primary amides is 3. The van der Waals surface area contributed by atoms with Gasteiger partial charge in [-0.05, 0) is 146 Å². The van der Waals surface area contributed by atoms with E-state index in [0.717, 1.165) is 205 Å². The monoisotopic (exact) mass is 1710 g/mol. The van der Waals surface area contributed by atoms with E-state index < -0.39 is 112 Å². The largest absolute Gasteiger partial charge is 0.483 e. The van der Waals surface area contributed by atoms with Crippen molar-refractivity contribution in [2.45, 2.75) is 400 Å². The van der Waals surface area contributed by atoms with Crippen LogP contribution in [0.15, 0.2) is 0 Å². The van der Waals surface area contributed by atoms with Gasteiger partial charge in [0.15, 0.2) is 0 Å². The second kappa shape index (κ2) is 42.0. The van der Waals surface area contributed by atoms with E-state index in [-0.39, 0.29) is 110 Å². The highest BCUT2D eigenvalue weighted by molar-refractivity contribution is 6.39. The lowest BCUT2D eigenvalue weighted by molar-refractivity contribution is -0.145. The number of ketones is 3. The van der Waals surface area contributed by atoms with Crippen LogP contribution in [0, 0.1) is 68.0 Å². The number of Topliss-reactive ketones (excluding diaryl/α,β-unsaturated/α-hetero) is 3. The van der Waals surface area contributed by atoms with Crippen molar-refractivity contribution in [3.63, 3.8) is 0 Å². The van der Waals surface area contributed by atoms with Crippen molar-refractivity contribution >= 4 is 89.0 Å². The summed E-state index contributed by atoms with van der Waals surface area (Å²) in [6.45, 7) is 30.0. The van der Waals surface area contributed by atoms with Crippen LogP contribution in [0.4, 0.5) is 9.59 Å². The molecule has 6 saturated heterocycles. The highest BCUT2D eigenvalue weighted by atomic mass is 16.3. The number of urea groups is 2. The van der Waals surface area contributed by atoms with Crippen LogP contribution < -0.4 is 60.2 Å². The summed E-state index contributed by atoms with van der Waals surface area (Å²) in [6.07, 6.45) is 34.0. The van der Waals surface area contributed by atoms with Crippen molar-refractivity contribution in [2.75, 3.05) is 19.6 Å². The minimum atomic E-state index is -1.07. The van der Waals surface area contributed by atoms with Crippen LogP contribution in [0.25, 0.3) is 0 Å². The van der Waals surface area contributed by atoms with Gasteiger partial charge in [0.25, 0.3) is 24.2 Å². The molecule has 0 radical (unpaired) electrons. The van der Waals surface area contributed by atoms with E-state index in [0.29, 0.717) is 51.7 Å². The smallest absolute Gasteiger partial charge is 0.315 e. The Kier molecular flexibility index (Phi) is 34.3. The summed E-state index contributed by atoms with van der Waals surface area (Å²) in [6, 6.07) is -8.27. The van der Waals surface area contributed by atoms with Gasteiger partial charge in [-0.15, -0.1) is 0 Å². The molecule has 0 spiro atoms. The summed E-state index contributed by atoms with van der Waals surface area (Å²) in [4.78, 5) is 197. The molecular weight excluding hydrogens is 1560 g/mol. The summed E-state index contributed by atoms with van der Waals surface area (Å²) in [5.41, 5.74) is 20.1. The quantitative estimate of drug-likeness (QED) is 0.0715. The lowest BCUT2D eigenvalue weighted by Crippen LogP contribution is -2.63. The Balaban J connectivity index is 0.000000226. The average molecular weight is 1710 g/mol. The molecule has 30 nitrogen and oxygen atoms in total. The molecular formula is C92H154N14O16. The molecule has 16 N–H and O–H groups in total. The van der Waals surface area contributed by atoms with Crippen molar-refractivity contribution in [2.24, 2.45) is 90.9 Å². The van der Waals surface area contributed by atoms with Crippen molar-refractivity contribution in [1.82, 2.24) is 51.9 Å². The maximum Gasteiger partial charge on any atom is 0.315 e. The van der Waals surface area contributed by atoms with E-state index in [1.807, 2.05) is 41.5 Å². The lowest BCUT2D eigenvalue weighted by Gasteiger charge is -2.41. The maximum absolute atomic E-state index is 14.5. The summed E-state index contributed by atoms with van der Waals surface area (Å²) in [7, 11) is 0. The van der Waals surface area contributed by atoms with Crippen molar-refractivity contribution in [1.29, 1.82) is 0 Å². The van der Waals surface area contributed by atoms with Gasteiger partial charge in [-0.2, -0.15) is 0 Å². The first kappa shape index (κ1) is 99.6. The van der Waals surface area contributed by atoms with E-state index in [1.54, 1.807) is 14.7 Å². The van der Waals surface area contributed by atoms with Crippen LogP contribution in [-0.2, 0) is 62.3 Å². The molecule has 122 heavy (non-hydrogen) atoms. The fourth-order valence-electron chi connectivity index (χ4n) is 22.2. The molecule has 5 aliphatic carbocycles. The van der Waals surface area contributed by atoms with Crippen molar-refractivity contribution in [3.8, 4) is 0 Å². The molecule has 5 saturated carbocycles. The van der Waals surface area contributed by atoms with Gasteiger partial charge in [-0.3, -0.25) is 62.3 Å². The summed E-state index contributed by atoms with van der Waals surface area (Å²) in [5.74, 6) is -7.13. The predicted octanol–water partition coefficient (Wildman–Crippen LogP) is 9.49. The highest BCUT2D eigenvalue weighted by Crippen LogP contribution is 2.67. The molecule has 11 aliphatic rings. The summed E-state index contributed by atoms with van der Waals surface area (Å²) < 4.78 is 0. The number of hydrogen-bond acceptors (Lipinski definition) is 16. The highest BCUT2D eigenvalue weighted by Gasteiger charge is 2.73. The zero-order valence-electron chi connectivity index (χ0n) is 76.2. The first-order valence-electron chi connectivity index (χ1n) is 46.5. The third-order valence-electron chi connectivity index (χ3n) is 30.8. The van der Waals surface area contributed by atoms with Crippen LogP contribution in [-0.4, -0.2) is 194 Å². The molecule has 11 fully saturated rings. The van der Waals surface area contributed by atoms with E-state index in [1.165, 1.54) is 0 Å². The van der Waals surface area contributed by atoms with Crippen LogP contribution >= 0.6 is 0 Å². The number of piperidine rings is 3. The Bertz CT molecular complexity index is 3580. The Morgan fingerprint density at radius 2 is 0.574 bits per heavy atom. The molecule has 3 unspecified atom stereocenters. The van der Waals surface area contributed by atoms with Crippen LogP contribution in [0.2, 0.25) is 0 Å². The molecule has 6 aliphatic heterocycles. The maximum atomic E-state index is 14.5. The lowest BCUT2D eigenvalue weighted by atomic mass is 9.78. The van der Waals surface area contributed by atoms with Gasteiger partial charge in [0.05, 0.1) is 24.2 Å². The van der Waals surface area contributed by atoms with Crippen LogP contribution in [0.1, 0.15) is 335 Å². The number of nitrogens with two attached hydrogens (primary N) is 4. The third-order valence-corrected chi connectivity index (χ3v) is 30.8. The van der Waals surface area contributed by atoms with Crippen LogP contribution in [0.5, 0.6) is 0 Å². The molecule has 13 amide bonds. The second-order valence-electron chi connectivity index (χ2n) is 42.4. The first-order valence-corrected chi connectivity index (χ1v) is 46.5. The average Bonchev–Trinajstić information content (AvgIpc) is 1.56. The van der Waals surface area contributed by atoms with E-state index in [2.05, 4.69) is 92.6 Å². The topological polar surface area (TPSA) is 474 Å². The molecule has 0 aromatic rings. The number of rotatable bonds is 10. The molecule has 30 heteroatoms. The van der Waals surface area contributed by atoms with Crippen LogP contribution in [0.3, 0.4) is 0 Å². The molecule has 0 aromatic carbocycles. The van der Waals surface area contributed by atoms with Gasteiger partial charge >= 0.3 is 12.1 Å². The zero-order valence-corrected chi connectivity index (χ0v) is 76.2. The van der Waals surface area contributed by atoms with E-state index in [4.69, 9.17) is 32.8 Å². The molecule has 6 heterocycles. The van der Waals surface area contributed by atoms with E-state index in [9.17, 15) is 67.1 Å². The minimum Gasteiger partial charge on any atom is -0.483 e. The molecule has 688 valence electrons. The normalized spacial score (nSPS) is 32.7. The first-order chi connectivity index (χ1) is 57.2. The zero-order chi connectivity index (χ0) is 90.4. The van der Waals surface area contributed by atoms with Gasteiger partial charge in [-0.1, -0.05) is 256 Å². The Hall–Kier alpha value is -7.79. The van der Waals surface area contributed by atoms with E-state index >= 15 is 0 Å². The number of carbonyl (C=O) groups is 15. The number of hydrogen-bond donors (Lipinski definition) is 12. The van der Waals surface area contributed by atoms with Gasteiger partial charge in [0, 0.05) is 30.7 Å². The van der Waals surface area contributed by atoms with Crippen molar-refractivity contribution < 1.29 is 77.0 Å². The Labute approximate surface area is 725 Å². The number of carboxylic acid groups (broad SMARTS) is 1. The Morgan fingerprint density at radius 1 is 0.352 bits per heavy atom.